The molecule has 3 aromatic rings. The number of anilines is 1. The highest BCUT2D eigenvalue weighted by Gasteiger charge is 2.31. The van der Waals surface area contributed by atoms with Gasteiger partial charge in [0.1, 0.15) is 11.4 Å². The van der Waals surface area contributed by atoms with Gasteiger partial charge in [-0.1, -0.05) is 39.0 Å². The molecule has 2 N–H and O–H groups in total. The minimum atomic E-state index is -0.306. The Balaban J connectivity index is 2.18. The van der Waals surface area contributed by atoms with Crippen molar-refractivity contribution in [3.63, 3.8) is 0 Å². The van der Waals surface area contributed by atoms with Crippen LogP contribution in [-0.2, 0) is 5.41 Å². The third kappa shape index (κ3) is 4.48. The highest BCUT2D eigenvalue weighted by atomic mass is 32.2. The first-order chi connectivity index (χ1) is 13.9. The van der Waals surface area contributed by atoms with E-state index < -0.39 is 0 Å². The molecule has 0 spiro atoms. The molecule has 0 bridgehead atoms. The number of methoxy groups -OCH3 is 1. The Labute approximate surface area is 176 Å². The van der Waals surface area contributed by atoms with Crippen molar-refractivity contribution in [1.82, 2.24) is 10.2 Å². The molecule has 1 atom stereocenters. The molecule has 152 valence electrons. The quantitative estimate of drug-likeness (QED) is 0.401. The molecule has 0 aliphatic rings. The maximum Gasteiger partial charge on any atom is 0.170 e. The third-order valence-electron chi connectivity index (χ3n) is 4.83. The Morgan fingerprint density at radius 2 is 1.83 bits per heavy atom. The van der Waals surface area contributed by atoms with Crippen molar-refractivity contribution in [2.75, 3.05) is 18.7 Å². The van der Waals surface area contributed by atoms with Crippen molar-refractivity contribution < 1.29 is 9.53 Å². The fraction of sp³-hybridized carbons (Fsp3) is 0.304. The maximum atomic E-state index is 11.8. The van der Waals surface area contributed by atoms with Crippen molar-refractivity contribution in [3.8, 4) is 5.75 Å². The second-order valence-electron chi connectivity index (χ2n) is 7.81. The van der Waals surface area contributed by atoms with E-state index in [0.717, 1.165) is 34.5 Å². The molecule has 1 unspecified atom stereocenters. The van der Waals surface area contributed by atoms with Crippen molar-refractivity contribution >= 4 is 23.7 Å². The van der Waals surface area contributed by atoms with Crippen molar-refractivity contribution in [2.24, 2.45) is 0 Å². The number of H-pyrrole nitrogens is 1. The Bertz CT molecular complexity index is 975. The SMILES string of the molecule is COc1ccccc1C(Nc1ccc(SC)cc1)c1c(C=O)n[nH]c1C(C)(C)C. The lowest BCUT2D eigenvalue weighted by Crippen LogP contribution is -2.21. The molecule has 1 aromatic heterocycles. The molecule has 0 saturated carbocycles. The fourth-order valence-corrected chi connectivity index (χ4v) is 3.79. The molecule has 0 aliphatic heterocycles. The van der Waals surface area contributed by atoms with Gasteiger partial charge in [0.2, 0.25) is 0 Å². The number of aromatic nitrogens is 2. The van der Waals surface area contributed by atoms with E-state index in [4.69, 9.17) is 4.74 Å². The summed E-state index contributed by atoms with van der Waals surface area (Å²) in [6, 6.07) is 15.8. The molecule has 5 nitrogen and oxygen atoms in total. The van der Waals surface area contributed by atoms with Crippen LogP contribution in [0.1, 0.15) is 54.1 Å². The van der Waals surface area contributed by atoms with E-state index in [1.54, 1.807) is 18.9 Å². The Morgan fingerprint density at radius 1 is 1.14 bits per heavy atom. The number of benzene rings is 2. The third-order valence-corrected chi connectivity index (χ3v) is 5.58. The highest BCUT2D eigenvalue weighted by Crippen LogP contribution is 2.38. The molecule has 0 fully saturated rings. The minimum absolute atomic E-state index is 0.214. The van der Waals surface area contributed by atoms with Gasteiger partial charge in [-0.05, 0) is 36.6 Å². The number of nitrogens with one attached hydrogen (secondary N) is 2. The van der Waals surface area contributed by atoms with E-state index in [-0.39, 0.29) is 11.5 Å². The normalized spacial score (nSPS) is 12.4. The Kier molecular flexibility index (Phi) is 6.33. The van der Waals surface area contributed by atoms with Crippen LogP contribution in [0.4, 0.5) is 5.69 Å². The van der Waals surface area contributed by atoms with E-state index in [0.29, 0.717) is 5.69 Å². The van der Waals surface area contributed by atoms with Crippen molar-refractivity contribution in [1.29, 1.82) is 0 Å². The molecule has 3 rings (SSSR count). The lowest BCUT2D eigenvalue weighted by Gasteiger charge is -2.27. The number of nitrogens with zero attached hydrogens (tertiary/aromatic N) is 1. The summed E-state index contributed by atoms with van der Waals surface area (Å²) in [6.45, 7) is 6.31. The fourth-order valence-electron chi connectivity index (χ4n) is 3.38. The van der Waals surface area contributed by atoms with Gasteiger partial charge in [-0.15, -0.1) is 11.8 Å². The van der Waals surface area contributed by atoms with Crippen molar-refractivity contribution in [3.05, 3.63) is 71.0 Å². The van der Waals surface area contributed by atoms with Gasteiger partial charge in [-0.2, -0.15) is 5.10 Å². The van der Waals surface area contributed by atoms with Crippen LogP contribution in [0.3, 0.4) is 0 Å². The second-order valence-corrected chi connectivity index (χ2v) is 8.69. The average molecular weight is 410 g/mol. The summed E-state index contributed by atoms with van der Waals surface area (Å²) in [5.41, 5.74) is 3.85. The lowest BCUT2D eigenvalue weighted by molar-refractivity contribution is 0.111. The summed E-state index contributed by atoms with van der Waals surface area (Å²) in [4.78, 5) is 13.0. The van der Waals surface area contributed by atoms with Gasteiger partial charge >= 0.3 is 0 Å². The lowest BCUT2D eigenvalue weighted by atomic mass is 9.84. The first kappa shape index (κ1) is 21.0. The number of aldehydes is 1. The minimum Gasteiger partial charge on any atom is -0.496 e. The van der Waals surface area contributed by atoms with Gasteiger partial charge in [0.05, 0.1) is 13.2 Å². The van der Waals surface area contributed by atoms with Crippen LogP contribution in [0.25, 0.3) is 0 Å². The smallest absolute Gasteiger partial charge is 0.170 e. The summed E-state index contributed by atoms with van der Waals surface area (Å²) in [5, 5.41) is 11.0. The molecule has 0 radical (unpaired) electrons. The van der Waals surface area contributed by atoms with E-state index in [1.807, 2.05) is 36.4 Å². The molecule has 6 heteroatoms. The molecule has 1 heterocycles. The number of aromatic amines is 1. The summed E-state index contributed by atoms with van der Waals surface area (Å²) >= 11 is 1.70. The molecular weight excluding hydrogens is 382 g/mol. The standard InChI is InChI=1S/C23H27N3O2S/c1-23(2,3)22-20(18(14-27)25-26-22)21(17-8-6-7-9-19(17)28-4)24-15-10-12-16(29-5)13-11-15/h6-14,21,24H,1-5H3,(H,25,26). The van der Waals surface area contributed by atoms with E-state index in [2.05, 4.69) is 54.7 Å². The molecule has 0 amide bonds. The van der Waals surface area contributed by atoms with Crippen LogP contribution in [0.2, 0.25) is 0 Å². The van der Waals surface area contributed by atoms with Gasteiger partial charge in [0.15, 0.2) is 6.29 Å². The predicted molar refractivity (Wildman–Crippen MR) is 119 cm³/mol. The highest BCUT2D eigenvalue weighted by molar-refractivity contribution is 7.98. The number of carbonyl (C=O) groups is 1. The zero-order chi connectivity index (χ0) is 21.0. The van der Waals surface area contributed by atoms with Gasteiger partial charge in [-0.3, -0.25) is 9.89 Å². The number of hydrogen-bond donors (Lipinski definition) is 2. The van der Waals surface area contributed by atoms with Gasteiger partial charge in [0, 0.05) is 32.8 Å². The van der Waals surface area contributed by atoms with Crippen LogP contribution in [-0.4, -0.2) is 29.8 Å². The van der Waals surface area contributed by atoms with Gasteiger partial charge in [-0.25, -0.2) is 0 Å². The number of rotatable bonds is 7. The maximum absolute atomic E-state index is 11.8. The van der Waals surface area contributed by atoms with Crippen LogP contribution in [0, 0.1) is 0 Å². The summed E-state index contributed by atoms with van der Waals surface area (Å²) in [5.74, 6) is 0.753. The zero-order valence-corrected chi connectivity index (χ0v) is 18.3. The van der Waals surface area contributed by atoms with Crippen LogP contribution in [0.5, 0.6) is 5.75 Å². The number of hydrogen-bond acceptors (Lipinski definition) is 5. The summed E-state index contributed by atoms with van der Waals surface area (Å²) in [7, 11) is 1.66. The van der Waals surface area contributed by atoms with Crippen molar-refractivity contribution in [2.45, 2.75) is 37.1 Å². The van der Waals surface area contributed by atoms with Crippen LogP contribution < -0.4 is 10.1 Å². The van der Waals surface area contributed by atoms with E-state index in [9.17, 15) is 4.79 Å². The first-order valence-corrected chi connectivity index (χ1v) is 10.7. The average Bonchev–Trinajstić information content (AvgIpc) is 3.17. The monoisotopic (exact) mass is 409 g/mol. The Morgan fingerprint density at radius 3 is 2.41 bits per heavy atom. The largest absolute Gasteiger partial charge is 0.496 e. The summed E-state index contributed by atoms with van der Waals surface area (Å²) in [6.07, 6.45) is 2.86. The Hall–Kier alpha value is -2.73. The molecule has 0 aliphatic carbocycles. The van der Waals surface area contributed by atoms with E-state index >= 15 is 0 Å². The summed E-state index contributed by atoms with van der Waals surface area (Å²) < 4.78 is 5.64. The molecule has 2 aromatic carbocycles. The van der Waals surface area contributed by atoms with Gasteiger partial charge in [0.25, 0.3) is 0 Å². The number of ether oxygens (including phenoxy) is 1. The molecule has 0 saturated heterocycles. The predicted octanol–water partition coefficient (Wildman–Crippen LogP) is 5.45. The van der Waals surface area contributed by atoms with E-state index in [1.165, 1.54) is 4.90 Å². The van der Waals surface area contributed by atoms with Crippen LogP contribution in [0.15, 0.2) is 53.4 Å². The second kappa shape index (κ2) is 8.74. The number of carbonyl (C=O) groups excluding carboxylic acids is 1. The number of para-hydroxylation sites is 1. The first-order valence-electron chi connectivity index (χ1n) is 9.46. The number of thioether (sulfide) groups is 1. The molecular formula is C23H27N3O2S. The topological polar surface area (TPSA) is 67.0 Å². The zero-order valence-electron chi connectivity index (χ0n) is 17.4. The van der Waals surface area contributed by atoms with Crippen LogP contribution >= 0.6 is 11.8 Å². The van der Waals surface area contributed by atoms with Gasteiger partial charge < -0.3 is 10.1 Å². The molecule has 29 heavy (non-hydrogen) atoms.